The fourth-order valence-corrected chi connectivity index (χ4v) is 3.24. The lowest BCUT2D eigenvalue weighted by Gasteiger charge is -2.38. The van der Waals surface area contributed by atoms with Crippen LogP contribution in [0.3, 0.4) is 0 Å². The monoisotopic (exact) mass is 340 g/mol. The van der Waals surface area contributed by atoms with Crippen molar-refractivity contribution in [1.29, 1.82) is 0 Å². The Labute approximate surface area is 146 Å². The van der Waals surface area contributed by atoms with Crippen LogP contribution in [0.25, 0.3) is 0 Å². The van der Waals surface area contributed by atoms with Gasteiger partial charge in [-0.1, -0.05) is 6.07 Å². The second-order valence-corrected chi connectivity index (χ2v) is 6.27. The molecule has 3 rings (SSSR count). The molecule has 0 N–H and O–H groups in total. The van der Waals surface area contributed by atoms with Crippen LogP contribution < -0.4 is 9.80 Å². The lowest BCUT2D eigenvalue weighted by Crippen LogP contribution is -2.47. The maximum absolute atomic E-state index is 14.0. The average molecular weight is 340 g/mol. The van der Waals surface area contributed by atoms with Gasteiger partial charge in [0.05, 0.1) is 11.3 Å². The van der Waals surface area contributed by atoms with Crippen LogP contribution in [0, 0.1) is 5.82 Å². The molecule has 0 unspecified atom stereocenters. The Kier molecular flexibility index (Phi) is 4.83. The van der Waals surface area contributed by atoms with Crippen molar-refractivity contribution in [3.05, 3.63) is 59.4 Å². The molecule has 0 spiro atoms. The standard InChI is InChI=1S/C20H21FN2O2/c1-14(24)16-6-8-17(9-7-16)22-10-12-23(13-11-22)19-5-3-4-18(21)20(19)15(2)25/h3-9H,10-13H2,1-2H3. The van der Waals surface area contributed by atoms with Crippen LogP contribution in [0.5, 0.6) is 0 Å². The van der Waals surface area contributed by atoms with Gasteiger partial charge in [0.25, 0.3) is 0 Å². The SMILES string of the molecule is CC(=O)c1ccc(N2CCN(c3cccc(F)c3C(C)=O)CC2)cc1. The molecule has 0 bridgehead atoms. The number of rotatable bonds is 4. The van der Waals surface area contributed by atoms with Gasteiger partial charge in [0.2, 0.25) is 0 Å². The summed E-state index contributed by atoms with van der Waals surface area (Å²) in [5, 5.41) is 0. The number of benzene rings is 2. The van der Waals surface area contributed by atoms with E-state index in [-0.39, 0.29) is 17.1 Å². The fourth-order valence-electron chi connectivity index (χ4n) is 3.24. The number of hydrogen-bond acceptors (Lipinski definition) is 4. The van der Waals surface area contributed by atoms with Crippen molar-refractivity contribution in [3.8, 4) is 0 Å². The van der Waals surface area contributed by atoms with Crippen LogP contribution in [0.2, 0.25) is 0 Å². The second kappa shape index (κ2) is 7.05. The summed E-state index contributed by atoms with van der Waals surface area (Å²) in [5.41, 5.74) is 2.60. The summed E-state index contributed by atoms with van der Waals surface area (Å²) in [7, 11) is 0. The molecule has 1 heterocycles. The fraction of sp³-hybridized carbons (Fsp3) is 0.300. The van der Waals surface area contributed by atoms with Crippen LogP contribution in [-0.4, -0.2) is 37.7 Å². The summed E-state index contributed by atoms with van der Waals surface area (Å²) >= 11 is 0. The summed E-state index contributed by atoms with van der Waals surface area (Å²) in [6, 6.07) is 12.4. The molecule has 0 amide bonds. The zero-order valence-electron chi connectivity index (χ0n) is 14.5. The zero-order valence-corrected chi connectivity index (χ0v) is 14.5. The first-order valence-electron chi connectivity index (χ1n) is 8.37. The minimum Gasteiger partial charge on any atom is -0.368 e. The van der Waals surface area contributed by atoms with Gasteiger partial charge < -0.3 is 9.80 Å². The van der Waals surface area contributed by atoms with E-state index in [4.69, 9.17) is 0 Å². The smallest absolute Gasteiger partial charge is 0.164 e. The first kappa shape index (κ1) is 17.1. The Hall–Kier alpha value is -2.69. The van der Waals surface area contributed by atoms with Crippen molar-refractivity contribution in [2.75, 3.05) is 36.0 Å². The number of anilines is 2. The molecule has 1 saturated heterocycles. The molecule has 5 heteroatoms. The predicted octanol–water partition coefficient (Wildman–Crippen LogP) is 3.56. The van der Waals surface area contributed by atoms with Crippen molar-refractivity contribution >= 4 is 22.9 Å². The summed E-state index contributed by atoms with van der Waals surface area (Å²) in [5.74, 6) is -0.665. The Morgan fingerprint density at radius 2 is 1.44 bits per heavy atom. The highest BCUT2D eigenvalue weighted by Gasteiger charge is 2.22. The molecule has 130 valence electrons. The number of hydrogen-bond donors (Lipinski definition) is 0. The summed E-state index contributed by atoms with van der Waals surface area (Å²) < 4.78 is 14.0. The molecule has 1 aliphatic rings. The third kappa shape index (κ3) is 3.55. The van der Waals surface area contributed by atoms with Gasteiger partial charge >= 0.3 is 0 Å². The topological polar surface area (TPSA) is 40.6 Å². The number of Topliss-reactive ketones (excluding diaryl/α,β-unsaturated/α-hetero) is 2. The third-order valence-corrected chi connectivity index (χ3v) is 4.60. The predicted molar refractivity (Wildman–Crippen MR) is 97.3 cm³/mol. The molecule has 2 aromatic carbocycles. The summed E-state index contributed by atoms with van der Waals surface area (Å²) in [6.45, 7) is 5.91. The van der Waals surface area contributed by atoms with Gasteiger partial charge in [0.1, 0.15) is 5.82 Å². The summed E-state index contributed by atoms with van der Waals surface area (Å²) in [4.78, 5) is 27.5. The highest BCUT2D eigenvalue weighted by molar-refractivity contribution is 6.00. The Morgan fingerprint density at radius 1 is 0.840 bits per heavy atom. The van der Waals surface area contributed by atoms with Gasteiger partial charge in [-0.25, -0.2) is 4.39 Å². The van der Waals surface area contributed by atoms with Gasteiger partial charge in [-0.2, -0.15) is 0 Å². The van der Waals surface area contributed by atoms with Crippen LogP contribution in [0.1, 0.15) is 34.6 Å². The van der Waals surface area contributed by atoms with E-state index in [1.165, 1.54) is 13.0 Å². The first-order chi connectivity index (χ1) is 12.0. The van der Waals surface area contributed by atoms with E-state index in [1.54, 1.807) is 19.1 Å². The van der Waals surface area contributed by atoms with Crippen molar-refractivity contribution in [2.24, 2.45) is 0 Å². The minimum absolute atomic E-state index is 0.0548. The number of nitrogens with zero attached hydrogens (tertiary/aromatic N) is 2. The third-order valence-electron chi connectivity index (χ3n) is 4.60. The highest BCUT2D eigenvalue weighted by atomic mass is 19.1. The number of piperazine rings is 1. The van der Waals surface area contributed by atoms with E-state index in [2.05, 4.69) is 9.80 Å². The van der Waals surface area contributed by atoms with Crippen LogP contribution in [0.4, 0.5) is 15.8 Å². The summed E-state index contributed by atoms with van der Waals surface area (Å²) in [6.07, 6.45) is 0. The van der Waals surface area contributed by atoms with E-state index < -0.39 is 5.82 Å². The van der Waals surface area contributed by atoms with Gasteiger partial charge in [-0.3, -0.25) is 9.59 Å². The molecule has 0 atom stereocenters. The van der Waals surface area contributed by atoms with Crippen molar-refractivity contribution in [1.82, 2.24) is 0 Å². The van der Waals surface area contributed by atoms with Crippen LogP contribution in [0.15, 0.2) is 42.5 Å². The molecular formula is C20H21FN2O2. The number of carbonyl (C=O) groups is 2. The van der Waals surface area contributed by atoms with Gasteiger partial charge in [-0.15, -0.1) is 0 Å². The molecule has 0 saturated carbocycles. The normalized spacial score (nSPS) is 14.5. The zero-order chi connectivity index (χ0) is 18.0. The van der Waals surface area contributed by atoms with Crippen LogP contribution >= 0.6 is 0 Å². The van der Waals surface area contributed by atoms with E-state index in [1.807, 2.05) is 24.3 Å². The number of carbonyl (C=O) groups excluding carboxylic acids is 2. The molecule has 0 radical (unpaired) electrons. The van der Waals surface area contributed by atoms with E-state index in [9.17, 15) is 14.0 Å². The molecule has 1 fully saturated rings. The lowest BCUT2D eigenvalue weighted by atomic mass is 10.1. The molecule has 25 heavy (non-hydrogen) atoms. The number of halogens is 1. The van der Waals surface area contributed by atoms with Crippen molar-refractivity contribution in [2.45, 2.75) is 13.8 Å². The van der Waals surface area contributed by atoms with E-state index in [0.29, 0.717) is 24.3 Å². The molecule has 4 nitrogen and oxygen atoms in total. The molecule has 0 aromatic heterocycles. The number of ketones is 2. The van der Waals surface area contributed by atoms with Gasteiger partial charge in [0, 0.05) is 37.4 Å². The average Bonchev–Trinajstić information content (AvgIpc) is 2.61. The molecule has 0 aliphatic carbocycles. The van der Waals surface area contributed by atoms with Gasteiger partial charge in [0.15, 0.2) is 11.6 Å². The minimum atomic E-state index is -0.466. The van der Waals surface area contributed by atoms with Crippen LogP contribution in [-0.2, 0) is 0 Å². The van der Waals surface area contributed by atoms with Gasteiger partial charge in [-0.05, 0) is 50.2 Å². The lowest BCUT2D eigenvalue weighted by molar-refractivity contribution is 0.100. The molecular weight excluding hydrogens is 319 g/mol. The second-order valence-electron chi connectivity index (χ2n) is 6.27. The quantitative estimate of drug-likeness (QED) is 0.798. The Bertz CT molecular complexity index is 794. The van der Waals surface area contributed by atoms with E-state index >= 15 is 0 Å². The molecule has 1 aliphatic heterocycles. The Balaban J connectivity index is 1.73. The van der Waals surface area contributed by atoms with E-state index in [0.717, 1.165) is 18.8 Å². The van der Waals surface area contributed by atoms with Crippen molar-refractivity contribution in [3.63, 3.8) is 0 Å². The first-order valence-corrected chi connectivity index (χ1v) is 8.37. The Morgan fingerprint density at radius 3 is 2.00 bits per heavy atom. The maximum Gasteiger partial charge on any atom is 0.164 e. The highest BCUT2D eigenvalue weighted by Crippen LogP contribution is 2.26. The molecule has 2 aromatic rings. The largest absolute Gasteiger partial charge is 0.368 e. The van der Waals surface area contributed by atoms with Crippen molar-refractivity contribution < 1.29 is 14.0 Å². The maximum atomic E-state index is 14.0.